The number of methoxy groups -OCH3 is 2. The second-order valence-corrected chi connectivity index (χ2v) is 3.63. The lowest BCUT2D eigenvalue weighted by atomic mass is 9.81. The van der Waals surface area contributed by atoms with Crippen molar-refractivity contribution in [1.29, 1.82) is 0 Å². The molecule has 2 N–H and O–H groups in total. The monoisotopic (exact) mass is 222 g/mol. The van der Waals surface area contributed by atoms with E-state index in [9.17, 15) is 0 Å². The Hall–Kier alpha value is -0.160. The Morgan fingerprint density at radius 1 is 1.27 bits per heavy atom. The molecule has 1 aliphatic carbocycles. The molecule has 1 unspecified atom stereocenters. The average Bonchev–Trinajstić information content (AvgIpc) is 2.18. The molecule has 0 amide bonds. The first-order valence-electron chi connectivity index (χ1n) is 4.94. The molecule has 1 atom stereocenters. The molecule has 0 heterocycles. The van der Waals surface area contributed by atoms with Gasteiger partial charge in [0.2, 0.25) is 0 Å². The highest BCUT2D eigenvalue weighted by molar-refractivity contribution is 4.88. The van der Waals surface area contributed by atoms with Gasteiger partial charge in [-0.1, -0.05) is 7.43 Å². The van der Waals surface area contributed by atoms with E-state index in [0.717, 1.165) is 12.8 Å². The zero-order valence-electron chi connectivity index (χ0n) is 9.32. The van der Waals surface area contributed by atoms with Gasteiger partial charge in [-0.2, -0.15) is 0 Å². The maximum Gasteiger partial charge on any atom is 0.0908 e. The lowest BCUT2D eigenvalue weighted by Crippen LogP contribution is -2.42. The Bertz CT molecular complexity index is 117. The smallest absolute Gasteiger partial charge is 0.0908 e. The minimum Gasteiger partial charge on any atom is -0.394 e. The van der Waals surface area contributed by atoms with E-state index in [1.54, 1.807) is 21.1 Å². The van der Waals surface area contributed by atoms with E-state index in [1.165, 1.54) is 6.42 Å². The van der Waals surface area contributed by atoms with E-state index >= 15 is 0 Å². The molecule has 4 heteroatoms. The predicted octanol–water partition coefficient (Wildman–Crippen LogP) is 1.20. The van der Waals surface area contributed by atoms with Crippen molar-refractivity contribution in [1.82, 2.24) is 0 Å². The van der Waals surface area contributed by atoms with Gasteiger partial charge >= 0.3 is 0 Å². The van der Waals surface area contributed by atoms with Crippen LogP contribution in [0.1, 0.15) is 33.6 Å². The molecule has 4 nitrogen and oxygen atoms in total. The summed E-state index contributed by atoms with van der Waals surface area (Å²) in [5, 5.41) is 16.9. The molecule has 1 rings (SSSR count). The van der Waals surface area contributed by atoms with Crippen LogP contribution < -0.4 is 0 Å². The second kappa shape index (κ2) is 9.09. The number of ether oxygens (including phenoxy) is 2. The number of aliphatic hydroxyl groups excluding tert-OH is 2. The molecule has 0 bridgehead atoms. The van der Waals surface area contributed by atoms with Crippen molar-refractivity contribution in [3.8, 4) is 0 Å². The first-order chi connectivity index (χ1) is 6.64. The van der Waals surface area contributed by atoms with E-state index in [-0.39, 0.29) is 32.3 Å². The van der Waals surface area contributed by atoms with E-state index in [1.807, 2.05) is 0 Å². The Morgan fingerprint density at radius 3 is 1.80 bits per heavy atom. The highest BCUT2D eigenvalue weighted by Crippen LogP contribution is 2.33. The Morgan fingerprint density at radius 2 is 1.80 bits per heavy atom. The van der Waals surface area contributed by atoms with Crippen molar-refractivity contribution in [3.63, 3.8) is 0 Å². The van der Waals surface area contributed by atoms with E-state index in [0.29, 0.717) is 0 Å². The van der Waals surface area contributed by atoms with Gasteiger partial charge in [-0.05, 0) is 26.2 Å². The fourth-order valence-corrected chi connectivity index (χ4v) is 1.07. The quantitative estimate of drug-likeness (QED) is 0.750. The molecule has 0 aliphatic heterocycles. The third kappa shape index (κ3) is 6.10. The predicted molar refractivity (Wildman–Crippen MR) is 61.0 cm³/mol. The lowest BCUT2D eigenvalue weighted by Gasteiger charge is -2.38. The summed E-state index contributed by atoms with van der Waals surface area (Å²) < 4.78 is 9.72. The molecule has 1 saturated carbocycles. The maximum atomic E-state index is 8.71. The Kier molecular flexibility index (Phi) is 10.5. The molecular weight excluding hydrogens is 196 g/mol. The van der Waals surface area contributed by atoms with Crippen LogP contribution in [0.5, 0.6) is 0 Å². The van der Waals surface area contributed by atoms with Crippen LogP contribution in [0.2, 0.25) is 0 Å². The summed E-state index contributed by atoms with van der Waals surface area (Å²) in [6, 6.07) is 0. The van der Waals surface area contributed by atoms with Gasteiger partial charge in [0.05, 0.1) is 24.9 Å². The van der Waals surface area contributed by atoms with E-state index in [2.05, 4.69) is 4.74 Å². The zero-order valence-corrected chi connectivity index (χ0v) is 9.32. The maximum absolute atomic E-state index is 8.71. The van der Waals surface area contributed by atoms with Crippen molar-refractivity contribution in [2.75, 3.05) is 27.4 Å². The van der Waals surface area contributed by atoms with Crippen LogP contribution in [0.25, 0.3) is 0 Å². The van der Waals surface area contributed by atoms with Gasteiger partial charge in [0.25, 0.3) is 0 Å². The van der Waals surface area contributed by atoms with Crippen LogP contribution >= 0.6 is 0 Å². The minimum absolute atomic E-state index is 0. The fourth-order valence-electron chi connectivity index (χ4n) is 1.07. The average molecular weight is 222 g/mol. The summed E-state index contributed by atoms with van der Waals surface area (Å²) in [6.45, 7) is 2.10. The van der Waals surface area contributed by atoms with Crippen molar-refractivity contribution in [2.24, 2.45) is 0 Å². The Labute approximate surface area is 93.2 Å². The van der Waals surface area contributed by atoms with Crippen LogP contribution in [0, 0.1) is 0 Å². The van der Waals surface area contributed by atoms with Crippen molar-refractivity contribution < 1.29 is 19.7 Å². The largest absolute Gasteiger partial charge is 0.394 e. The Balaban J connectivity index is 0. The van der Waals surface area contributed by atoms with Gasteiger partial charge in [-0.15, -0.1) is 0 Å². The van der Waals surface area contributed by atoms with Crippen LogP contribution in [-0.2, 0) is 9.47 Å². The SMILES string of the molecule is C.COC(C)CO.COC1(CO)CCC1. The summed E-state index contributed by atoms with van der Waals surface area (Å²) in [5.41, 5.74) is -0.139. The van der Waals surface area contributed by atoms with Crippen LogP contribution in [-0.4, -0.2) is 49.4 Å². The number of rotatable bonds is 4. The summed E-state index contributed by atoms with van der Waals surface area (Å²) in [7, 11) is 3.23. The molecule has 1 fully saturated rings. The van der Waals surface area contributed by atoms with Gasteiger partial charge in [-0.25, -0.2) is 0 Å². The standard InChI is InChI=1S/C6H12O2.C4H10O2.CH4/c1-8-6(5-7)3-2-4-6;1-4(3-5)6-2;/h7H,2-5H2,1H3;4-5H,3H2,1-2H3;1H4. The lowest BCUT2D eigenvalue weighted by molar-refractivity contribution is -0.104. The van der Waals surface area contributed by atoms with Crippen molar-refractivity contribution in [3.05, 3.63) is 0 Å². The summed E-state index contributed by atoms with van der Waals surface area (Å²) >= 11 is 0. The number of hydrogen-bond donors (Lipinski definition) is 2. The van der Waals surface area contributed by atoms with Gasteiger partial charge in [0, 0.05) is 14.2 Å². The third-order valence-corrected chi connectivity index (χ3v) is 2.65. The molecule has 1 aliphatic rings. The minimum atomic E-state index is -0.139. The molecule has 0 aromatic heterocycles. The zero-order chi connectivity index (χ0) is 11.0. The first-order valence-corrected chi connectivity index (χ1v) is 4.94. The summed E-state index contributed by atoms with van der Waals surface area (Å²) in [6.07, 6.45) is 3.25. The molecular formula is C11H26O4. The molecule has 0 aromatic rings. The van der Waals surface area contributed by atoms with Crippen LogP contribution in [0.3, 0.4) is 0 Å². The normalized spacial score (nSPS) is 19.0. The first kappa shape index (κ1) is 17.2. The van der Waals surface area contributed by atoms with Crippen molar-refractivity contribution in [2.45, 2.75) is 45.3 Å². The molecule has 0 spiro atoms. The molecule has 0 radical (unpaired) electrons. The molecule has 94 valence electrons. The highest BCUT2D eigenvalue weighted by atomic mass is 16.5. The molecule has 0 saturated heterocycles. The van der Waals surface area contributed by atoms with Gasteiger partial charge in [-0.3, -0.25) is 0 Å². The van der Waals surface area contributed by atoms with Gasteiger partial charge in [0.1, 0.15) is 0 Å². The third-order valence-electron chi connectivity index (χ3n) is 2.65. The van der Waals surface area contributed by atoms with Crippen molar-refractivity contribution >= 4 is 0 Å². The second-order valence-electron chi connectivity index (χ2n) is 3.63. The summed E-state index contributed by atoms with van der Waals surface area (Å²) in [5.74, 6) is 0. The number of aliphatic hydroxyl groups is 2. The van der Waals surface area contributed by atoms with Gasteiger partial charge < -0.3 is 19.7 Å². The molecule has 0 aromatic carbocycles. The highest BCUT2D eigenvalue weighted by Gasteiger charge is 2.35. The molecule has 15 heavy (non-hydrogen) atoms. The fraction of sp³-hybridized carbons (Fsp3) is 1.00. The van der Waals surface area contributed by atoms with E-state index < -0.39 is 0 Å². The van der Waals surface area contributed by atoms with Crippen LogP contribution in [0.4, 0.5) is 0 Å². The number of hydrogen-bond acceptors (Lipinski definition) is 4. The summed E-state index contributed by atoms with van der Waals surface area (Å²) in [4.78, 5) is 0. The van der Waals surface area contributed by atoms with Crippen LogP contribution in [0.15, 0.2) is 0 Å². The van der Waals surface area contributed by atoms with Gasteiger partial charge in [0.15, 0.2) is 0 Å². The van der Waals surface area contributed by atoms with E-state index in [4.69, 9.17) is 14.9 Å². The topological polar surface area (TPSA) is 58.9 Å².